The minimum atomic E-state index is -0.327. The lowest BCUT2D eigenvalue weighted by molar-refractivity contribution is -0.120. The molecule has 2 N–H and O–H groups in total. The van der Waals surface area contributed by atoms with Gasteiger partial charge < -0.3 is 20.3 Å². The summed E-state index contributed by atoms with van der Waals surface area (Å²) in [5, 5.41) is 5.37. The van der Waals surface area contributed by atoms with Crippen molar-refractivity contribution in [2.75, 3.05) is 26.2 Å². The molecule has 158 valence electrons. The van der Waals surface area contributed by atoms with Crippen molar-refractivity contribution in [3.63, 3.8) is 0 Å². The van der Waals surface area contributed by atoms with Crippen molar-refractivity contribution in [1.82, 2.24) is 15.5 Å². The molecule has 0 spiro atoms. The van der Waals surface area contributed by atoms with Crippen LogP contribution in [0.25, 0.3) is 0 Å². The van der Waals surface area contributed by atoms with Gasteiger partial charge in [-0.05, 0) is 61.7 Å². The molecule has 0 unspecified atom stereocenters. The van der Waals surface area contributed by atoms with Crippen LogP contribution in [-0.4, -0.2) is 48.9 Å². The van der Waals surface area contributed by atoms with Crippen LogP contribution in [0.2, 0.25) is 0 Å². The van der Waals surface area contributed by atoms with Gasteiger partial charge in [-0.2, -0.15) is 0 Å². The number of nitrogens with zero attached hydrogens (tertiary/aromatic N) is 1. The van der Waals surface area contributed by atoms with Crippen molar-refractivity contribution in [3.05, 3.63) is 65.2 Å². The third-order valence-corrected chi connectivity index (χ3v) is 4.89. The van der Waals surface area contributed by atoms with Crippen LogP contribution in [0.15, 0.2) is 48.5 Å². The summed E-state index contributed by atoms with van der Waals surface area (Å²) in [6, 6.07) is 14.0. The molecule has 1 saturated heterocycles. The summed E-state index contributed by atoms with van der Waals surface area (Å²) in [5.74, 6) is 0.0949. The third kappa shape index (κ3) is 5.83. The summed E-state index contributed by atoms with van der Waals surface area (Å²) < 4.78 is 5.35. The Hall–Kier alpha value is -3.35. The Morgan fingerprint density at radius 3 is 2.40 bits per heavy atom. The molecule has 30 heavy (non-hydrogen) atoms. The van der Waals surface area contributed by atoms with Crippen LogP contribution in [0, 0.1) is 0 Å². The second-order valence-electron chi connectivity index (χ2n) is 7.12. The van der Waals surface area contributed by atoms with Gasteiger partial charge in [0.2, 0.25) is 5.91 Å². The molecule has 0 bridgehead atoms. The fourth-order valence-electron chi connectivity index (χ4n) is 3.31. The van der Waals surface area contributed by atoms with Crippen LogP contribution < -0.4 is 15.4 Å². The quantitative estimate of drug-likeness (QED) is 0.701. The molecule has 3 rings (SSSR count). The van der Waals surface area contributed by atoms with Gasteiger partial charge in [-0.1, -0.05) is 12.1 Å². The van der Waals surface area contributed by atoms with Crippen LogP contribution in [0.1, 0.15) is 46.0 Å². The van der Waals surface area contributed by atoms with Gasteiger partial charge >= 0.3 is 0 Å². The fourth-order valence-corrected chi connectivity index (χ4v) is 3.31. The van der Waals surface area contributed by atoms with Crippen molar-refractivity contribution in [3.8, 4) is 5.75 Å². The Morgan fingerprint density at radius 1 is 0.967 bits per heavy atom. The molecule has 1 fully saturated rings. The fraction of sp³-hybridized carbons (Fsp3) is 0.348. The van der Waals surface area contributed by atoms with Gasteiger partial charge in [-0.3, -0.25) is 14.4 Å². The molecule has 2 aromatic rings. The molecule has 1 aliphatic heterocycles. The Balaban J connectivity index is 1.45. The van der Waals surface area contributed by atoms with E-state index >= 15 is 0 Å². The van der Waals surface area contributed by atoms with Crippen molar-refractivity contribution in [2.24, 2.45) is 0 Å². The number of carbonyl (C=O) groups is 3. The molecule has 2 aromatic carbocycles. The first kappa shape index (κ1) is 21.4. The standard InChI is InChI=1S/C23H27N3O4/c1-2-30-20-10-8-18(9-11-20)22(28)25-16-21(27)24-15-17-6-5-7-19(14-17)23(29)26-12-3-4-13-26/h5-11,14H,2-4,12-13,15-16H2,1H3,(H,24,27)(H,25,28). The maximum Gasteiger partial charge on any atom is 0.253 e. The van der Waals surface area contributed by atoms with Gasteiger partial charge in [0.05, 0.1) is 13.2 Å². The van der Waals surface area contributed by atoms with Crippen LogP contribution in [0.3, 0.4) is 0 Å². The first-order valence-electron chi connectivity index (χ1n) is 10.2. The highest BCUT2D eigenvalue weighted by Gasteiger charge is 2.19. The number of hydrogen-bond donors (Lipinski definition) is 2. The summed E-state index contributed by atoms with van der Waals surface area (Å²) in [6.45, 7) is 4.21. The van der Waals surface area contributed by atoms with E-state index < -0.39 is 0 Å². The van der Waals surface area contributed by atoms with Gasteiger partial charge in [0.25, 0.3) is 11.8 Å². The smallest absolute Gasteiger partial charge is 0.253 e. The highest BCUT2D eigenvalue weighted by atomic mass is 16.5. The monoisotopic (exact) mass is 409 g/mol. The molecule has 0 aliphatic carbocycles. The number of likely N-dealkylation sites (tertiary alicyclic amines) is 1. The lowest BCUT2D eigenvalue weighted by atomic mass is 10.1. The number of rotatable bonds is 8. The largest absolute Gasteiger partial charge is 0.494 e. The molecule has 1 aliphatic rings. The van der Waals surface area contributed by atoms with E-state index in [1.165, 1.54) is 0 Å². The zero-order chi connectivity index (χ0) is 21.3. The average Bonchev–Trinajstić information content (AvgIpc) is 3.31. The molecular weight excluding hydrogens is 382 g/mol. The Bertz CT molecular complexity index is 890. The van der Waals surface area contributed by atoms with E-state index in [4.69, 9.17) is 4.74 Å². The van der Waals surface area contributed by atoms with E-state index in [1.54, 1.807) is 36.4 Å². The zero-order valence-electron chi connectivity index (χ0n) is 17.1. The van der Waals surface area contributed by atoms with Crippen LogP contribution in [-0.2, 0) is 11.3 Å². The van der Waals surface area contributed by atoms with Gasteiger partial charge in [-0.25, -0.2) is 0 Å². The maximum atomic E-state index is 12.5. The molecule has 1 heterocycles. The van der Waals surface area contributed by atoms with Crippen molar-refractivity contribution in [2.45, 2.75) is 26.3 Å². The second kappa shape index (κ2) is 10.4. The molecule has 0 atom stereocenters. The minimum absolute atomic E-state index is 0.0308. The summed E-state index contributed by atoms with van der Waals surface area (Å²) in [6.07, 6.45) is 2.09. The molecule has 3 amide bonds. The van der Waals surface area contributed by atoms with Crippen molar-refractivity contribution >= 4 is 17.7 Å². The van der Waals surface area contributed by atoms with E-state index in [-0.39, 0.29) is 24.3 Å². The highest BCUT2D eigenvalue weighted by Crippen LogP contribution is 2.14. The first-order valence-corrected chi connectivity index (χ1v) is 10.2. The zero-order valence-corrected chi connectivity index (χ0v) is 17.1. The van der Waals surface area contributed by atoms with Crippen LogP contribution in [0.4, 0.5) is 0 Å². The molecule has 0 radical (unpaired) electrons. The second-order valence-corrected chi connectivity index (χ2v) is 7.12. The highest BCUT2D eigenvalue weighted by molar-refractivity contribution is 5.96. The number of ether oxygens (including phenoxy) is 1. The Morgan fingerprint density at radius 2 is 1.70 bits per heavy atom. The topological polar surface area (TPSA) is 87.7 Å². The summed E-state index contributed by atoms with van der Waals surface area (Å²) in [4.78, 5) is 38.6. The minimum Gasteiger partial charge on any atom is -0.494 e. The summed E-state index contributed by atoms with van der Waals surface area (Å²) in [7, 11) is 0. The lowest BCUT2D eigenvalue weighted by Crippen LogP contribution is -2.36. The number of amides is 3. The van der Waals surface area contributed by atoms with Gasteiger partial charge in [0, 0.05) is 30.8 Å². The molecule has 7 nitrogen and oxygen atoms in total. The van der Waals surface area contributed by atoms with Crippen molar-refractivity contribution < 1.29 is 19.1 Å². The van der Waals surface area contributed by atoms with E-state index in [1.807, 2.05) is 24.0 Å². The Labute approximate surface area is 176 Å². The predicted octanol–water partition coefficient (Wildman–Crippen LogP) is 2.37. The van der Waals surface area contributed by atoms with Gasteiger partial charge in [0.15, 0.2) is 0 Å². The number of hydrogen-bond acceptors (Lipinski definition) is 4. The summed E-state index contributed by atoms with van der Waals surface area (Å²) in [5.41, 5.74) is 1.93. The first-order chi connectivity index (χ1) is 14.6. The maximum absolute atomic E-state index is 12.5. The average molecular weight is 409 g/mol. The van der Waals surface area contributed by atoms with E-state index in [2.05, 4.69) is 10.6 Å². The SMILES string of the molecule is CCOc1ccc(C(=O)NCC(=O)NCc2cccc(C(=O)N3CCCC3)c2)cc1. The van der Waals surface area contributed by atoms with Crippen molar-refractivity contribution in [1.29, 1.82) is 0 Å². The van der Waals surface area contributed by atoms with Gasteiger partial charge in [-0.15, -0.1) is 0 Å². The molecule has 0 saturated carbocycles. The van der Waals surface area contributed by atoms with Crippen LogP contribution >= 0.6 is 0 Å². The molecular formula is C23H27N3O4. The number of nitrogens with one attached hydrogen (secondary N) is 2. The molecule has 7 heteroatoms. The van der Waals surface area contributed by atoms with E-state index in [9.17, 15) is 14.4 Å². The normalized spacial score (nSPS) is 13.0. The lowest BCUT2D eigenvalue weighted by Gasteiger charge is -2.15. The third-order valence-electron chi connectivity index (χ3n) is 4.89. The number of carbonyl (C=O) groups excluding carboxylic acids is 3. The van der Waals surface area contributed by atoms with E-state index in [0.29, 0.717) is 30.0 Å². The van der Waals surface area contributed by atoms with Crippen LogP contribution in [0.5, 0.6) is 5.75 Å². The number of benzene rings is 2. The Kier molecular flexibility index (Phi) is 7.43. The molecule has 0 aromatic heterocycles. The predicted molar refractivity (Wildman–Crippen MR) is 113 cm³/mol. The van der Waals surface area contributed by atoms with Gasteiger partial charge in [0.1, 0.15) is 5.75 Å². The van der Waals surface area contributed by atoms with E-state index in [0.717, 1.165) is 31.5 Å². The summed E-state index contributed by atoms with van der Waals surface area (Å²) >= 11 is 0.